The third-order valence-electron chi connectivity index (χ3n) is 3.50. The number of hydrogen-bond donors (Lipinski definition) is 1. The van der Waals surface area contributed by atoms with Crippen molar-refractivity contribution in [1.29, 1.82) is 0 Å². The molecule has 100 valence electrons. The molecule has 1 aliphatic heterocycles. The minimum Gasteiger partial charge on any atom is -0.337 e. The molecule has 2 N–H and O–H groups in total. The summed E-state index contributed by atoms with van der Waals surface area (Å²) in [4.78, 5) is 18.3. The maximum Gasteiger partial charge on any atom is 0.257 e. The lowest BCUT2D eigenvalue weighted by atomic mass is 10.1. The maximum atomic E-state index is 12.4. The van der Waals surface area contributed by atoms with E-state index in [1.807, 2.05) is 6.92 Å². The lowest BCUT2D eigenvalue weighted by Crippen LogP contribution is -2.45. The van der Waals surface area contributed by atoms with Crippen LogP contribution in [0.3, 0.4) is 0 Å². The topological polar surface area (TPSA) is 85.2 Å². The monoisotopic (exact) mass is 260 g/mol. The Labute approximate surface area is 110 Å². The molecule has 0 aromatic carbocycles. The predicted molar refractivity (Wildman–Crippen MR) is 69.7 cm³/mol. The number of carbonyl (C=O) groups excluding carboxylic acids is 1. The largest absolute Gasteiger partial charge is 0.337 e. The highest BCUT2D eigenvalue weighted by Crippen LogP contribution is 2.19. The van der Waals surface area contributed by atoms with Gasteiger partial charge in [-0.15, -0.1) is 0 Å². The average Bonchev–Trinajstić information content (AvgIpc) is 2.79. The number of amides is 1. The van der Waals surface area contributed by atoms with Crippen molar-refractivity contribution in [1.82, 2.24) is 15.0 Å². The number of carbonyl (C=O) groups is 1. The van der Waals surface area contributed by atoms with Crippen LogP contribution in [-0.2, 0) is 0 Å². The summed E-state index contributed by atoms with van der Waals surface area (Å²) in [6.45, 7) is 3.20. The highest BCUT2D eigenvalue weighted by Gasteiger charge is 2.23. The highest BCUT2D eigenvalue weighted by molar-refractivity contribution is 5.97. The number of hydrogen-bond acceptors (Lipinski definition) is 5. The Morgan fingerprint density at radius 2 is 2.42 bits per heavy atom. The zero-order chi connectivity index (χ0) is 13.4. The summed E-state index contributed by atoms with van der Waals surface area (Å²) < 4.78 is 5.04. The van der Waals surface area contributed by atoms with E-state index in [4.69, 9.17) is 10.3 Å². The number of nitrogens with zero attached hydrogens (tertiary/aromatic N) is 3. The number of piperidine rings is 1. The number of aryl methyl sites for hydroxylation is 1. The van der Waals surface area contributed by atoms with Crippen LogP contribution in [0.4, 0.5) is 0 Å². The fourth-order valence-electron chi connectivity index (χ4n) is 2.44. The van der Waals surface area contributed by atoms with E-state index >= 15 is 0 Å². The number of pyridine rings is 1. The van der Waals surface area contributed by atoms with Gasteiger partial charge in [-0.05, 0) is 25.8 Å². The smallest absolute Gasteiger partial charge is 0.257 e. The lowest BCUT2D eigenvalue weighted by molar-refractivity contribution is 0.0708. The van der Waals surface area contributed by atoms with E-state index < -0.39 is 0 Å². The van der Waals surface area contributed by atoms with E-state index in [-0.39, 0.29) is 11.9 Å². The van der Waals surface area contributed by atoms with E-state index in [1.165, 1.54) is 6.20 Å². The molecule has 0 aliphatic carbocycles. The van der Waals surface area contributed by atoms with E-state index in [1.54, 1.807) is 11.0 Å². The fourth-order valence-corrected chi connectivity index (χ4v) is 2.44. The molecular formula is C13H16N4O2. The van der Waals surface area contributed by atoms with Gasteiger partial charge in [0.15, 0.2) is 0 Å². The molecule has 1 unspecified atom stereocenters. The van der Waals surface area contributed by atoms with Crippen molar-refractivity contribution in [3.63, 3.8) is 0 Å². The molecule has 6 heteroatoms. The summed E-state index contributed by atoms with van der Waals surface area (Å²) in [6, 6.07) is 1.86. The molecule has 3 heterocycles. The van der Waals surface area contributed by atoms with Gasteiger partial charge in [0, 0.05) is 25.3 Å². The molecule has 0 spiro atoms. The summed E-state index contributed by atoms with van der Waals surface area (Å²) >= 11 is 0. The Bertz CT molecular complexity index is 622. The van der Waals surface area contributed by atoms with Gasteiger partial charge >= 0.3 is 0 Å². The van der Waals surface area contributed by atoms with Gasteiger partial charge in [-0.3, -0.25) is 4.79 Å². The Kier molecular flexibility index (Phi) is 2.94. The quantitative estimate of drug-likeness (QED) is 0.829. The molecule has 1 aliphatic rings. The van der Waals surface area contributed by atoms with Gasteiger partial charge < -0.3 is 15.2 Å². The molecule has 1 saturated heterocycles. The summed E-state index contributed by atoms with van der Waals surface area (Å²) in [7, 11) is 0. The standard InChI is InChI=1S/C13H16N4O2/c1-8-11-5-9(6-15-12(11)19-16-8)13(18)17-4-2-3-10(14)7-17/h5-6,10H,2-4,7,14H2,1H3. The highest BCUT2D eigenvalue weighted by atomic mass is 16.5. The Morgan fingerprint density at radius 1 is 1.58 bits per heavy atom. The average molecular weight is 260 g/mol. The van der Waals surface area contributed by atoms with Crippen LogP contribution in [0.2, 0.25) is 0 Å². The van der Waals surface area contributed by atoms with Crippen molar-refractivity contribution in [3.05, 3.63) is 23.5 Å². The van der Waals surface area contributed by atoms with Crippen LogP contribution >= 0.6 is 0 Å². The molecule has 0 saturated carbocycles. The van der Waals surface area contributed by atoms with E-state index in [0.717, 1.165) is 30.5 Å². The number of aromatic nitrogens is 2. The second-order valence-corrected chi connectivity index (χ2v) is 5.00. The molecule has 6 nitrogen and oxygen atoms in total. The van der Waals surface area contributed by atoms with Gasteiger partial charge in [0.05, 0.1) is 16.6 Å². The Morgan fingerprint density at radius 3 is 3.21 bits per heavy atom. The van der Waals surface area contributed by atoms with Gasteiger partial charge in [0.2, 0.25) is 0 Å². The first kappa shape index (κ1) is 12.1. The zero-order valence-electron chi connectivity index (χ0n) is 10.8. The molecule has 1 atom stereocenters. The summed E-state index contributed by atoms with van der Waals surface area (Å²) in [5.74, 6) is -0.0230. The lowest BCUT2D eigenvalue weighted by Gasteiger charge is -2.30. The fraction of sp³-hybridized carbons (Fsp3) is 0.462. The first-order valence-electron chi connectivity index (χ1n) is 6.42. The molecule has 2 aromatic heterocycles. The van der Waals surface area contributed by atoms with Crippen molar-refractivity contribution in [2.75, 3.05) is 13.1 Å². The van der Waals surface area contributed by atoms with Crippen LogP contribution in [0.1, 0.15) is 28.9 Å². The van der Waals surface area contributed by atoms with Gasteiger partial charge in [0.25, 0.3) is 11.6 Å². The third-order valence-corrected chi connectivity index (χ3v) is 3.50. The second-order valence-electron chi connectivity index (χ2n) is 5.00. The van der Waals surface area contributed by atoms with Gasteiger partial charge in [-0.1, -0.05) is 5.16 Å². The van der Waals surface area contributed by atoms with Crippen LogP contribution in [0, 0.1) is 6.92 Å². The summed E-state index contributed by atoms with van der Waals surface area (Å²) in [6.07, 6.45) is 3.47. The molecule has 1 fully saturated rings. The van der Waals surface area contributed by atoms with Crippen molar-refractivity contribution < 1.29 is 9.32 Å². The summed E-state index contributed by atoms with van der Waals surface area (Å²) in [5.41, 5.74) is 7.67. The third kappa shape index (κ3) is 2.19. The number of nitrogens with two attached hydrogens (primary N) is 1. The van der Waals surface area contributed by atoms with Crippen LogP contribution in [-0.4, -0.2) is 40.1 Å². The van der Waals surface area contributed by atoms with Crippen molar-refractivity contribution in [3.8, 4) is 0 Å². The normalized spacial score (nSPS) is 19.9. The Hall–Kier alpha value is -1.95. The molecule has 3 rings (SSSR count). The van der Waals surface area contributed by atoms with E-state index in [2.05, 4.69) is 10.1 Å². The SMILES string of the molecule is Cc1noc2ncc(C(=O)N3CCCC(N)C3)cc12. The van der Waals surface area contributed by atoms with Crippen molar-refractivity contribution >= 4 is 17.0 Å². The van der Waals surface area contributed by atoms with Gasteiger partial charge in [0.1, 0.15) is 0 Å². The number of rotatable bonds is 1. The molecule has 0 bridgehead atoms. The molecule has 2 aromatic rings. The van der Waals surface area contributed by atoms with Crippen LogP contribution in [0.5, 0.6) is 0 Å². The number of fused-ring (bicyclic) bond motifs is 1. The van der Waals surface area contributed by atoms with Crippen LogP contribution < -0.4 is 5.73 Å². The summed E-state index contributed by atoms with van der Waals surface area (Å²) in [5, 5.41) is 4.62. The molecular weight excluding hydrogens is 244 g/mol. The molecule has 19 heavy (non-hydrogen) atoms. The first-order chi connectivity index (χ1) is 9.15. The van der Waals surface area contributed by atoms with Gasteiger partial charge in [-0.2, -0.15) is 0 Å². The van der Waals surface area contributed by atoms with Gasteiger partial charge in [-0.25, -0.2) is 4.98 Å². The predicted octanol–water partition coefficient (Wildman–Crippen LogP) is 1.09. The van der Waals surface area contributed by atoms with Crippen molar-refractivity contribution in [2.24, 2.45) is 5.73 Å². The van der Waals surface area contributed by atoms with Crippen molar-refractivity contribution in [2.45, 2.75) is 25.8 Å². The second kappa shape index (κ2) is 4.62. The number of likely N-dealkylation sites (tertiary alicyclic amines) is 1. The maximum absolute atomic E-state index is 12.4. The van der Waals surface area contributed by atoms with Crippen LogP contribution in [0.15, 0.2) is 16.8 Å². The molecule has 0 radical (unpaired) electrons. The molecule has 1 amide bonds. The minimum absolute atomic E-state index is 0.0230. The Balaban J connectivity index is 1.90. The van der Waals surface area contributed by atoms with Crippen LogP contribution in [0.25, 0.3) is 11.1 Å². The first-order valence-corrected chi connectivity index (χ1v) is 6.42. The zero-order valence-corrected chi connectivity index (χ0v) is 10.8. The van der Waals surface area contributed by atoms with E-state index in [9.17, 15) is 4.79 Å². The van der Waals surface area contributed by atoms with E-state index in [0.29, 0.717) is 17.8 Å². The minimum atomic E-state index is -0.0230.